The third-order valence-electron chi connectivity index (χ3n) is 3.36. The third-order valence-corrected chi connectivity index (χ3v) is 3.36. The van der Waals surface area contributed by atoms with Crippen LogP contribution in [0.3, 0.4) is 0 Å². The molecule has 0 saturated carbocycles. The molecule has 0 radical (unpaired) electrons. The maximum Gasteiger partial charge on any atom is 0.608 e. The summed E-state index contributed by atoms with van der Waals surface area (Å²) in [7, 11) is 0. The Hall–Kier alpha value is -3.09. The lowest BCUT2D eigenvalue weighted by molar-refractivity contribution is -0.587. The molecule has 1 aromatic rings. The van der Waals surface area contributed by atoms with Gasteiger partial charge in [-0.1, -0.05) is 16.7 Å². The summed E-state index contributed by atoms with van der Waals surface area (Å²) in [5, 5.41) is 9.06. The molecule has 2 aliphatic carbocycles. The number of aromatic nitrogens is 1. The first-order valence-electron chi connectivity index (χ1n) is 6.57. The third kappa shape index (κ3) is 2.57. The Bertz CT molecular complexity index is 834. The molecule has 5 nitrogen and oxygen atoms in total. The van der Waals surface area contributed by atoms with E-state index in [-0.39, 0.29) is 22.6 Å². The Kier molecular flexibility index (Phi) is 3.40. The van der Waals surface area contributed by atoms with E-state index in [0.29, 0.717) is 0 Å². The number of allylic oxidation sites excluding steroid dienone is 6. The first kappa shape index (κ1) is 14.8. The molecule has 1 aromatic heterocycles. The number of halogens is 2. The van der Waals surface area contributed by atoms with Gasteiger partial charge in [0, 0.05) is 23.3 Å². The van der Waals surface area contributed by atoms with Gasteiger partial charge in [-0.3, -0.25) is 0 Å². The van der Waals surface area contributed by atoms with Gasteiger partial charge in [0.05, 0.1) is 0 Å². The number of carboxylic acid groups (broad SMARTS) is 1. The highest BCUT2D eigenvalue weighted by molar-refractivity contribution is 5.85. The Balaban J connectivity index is 1.85. The second-order valence-corrected chi connectivity index (χ2v) is 4.80. The maximum atomic E-state index is 13.7. The van der Waals surface area contributed by atoms with Crippen LogP contribution in [0.4, 0.5) is 13.6 Å². The van der Waals surface area contributed by atoms with E-state index in [9.17, 15) is 18.4 Å². The van der Waals surface area contributed by atoms with Gasteiger partial charge in [-0.2, -0.15) is 13.6 Å². The molecule has 0 aliphatic heterocycles. The van der Waals surface area contributed by atoms with Gasteiger partial charge in [0.2, 0.25) is 0 Å². The highest BCUT2D eigenvalue weighted by atomic mass is 19.3. The summed E-state index contributed by atoms with van der Waals surface area (Å²) in [4.78, 5) is 23.2. The number of nitrogens with zero attached hydrogens (tertiary/aromatic N) is 1. The molecule has 0 aromatic carbocycles. The Morgan fingerprint density at radius 1 is 1.17 bits per heavy atom. The summed E-state index contributed by atoms with van der Waals surface area (Å²) in [6, 6.07) is 4.14. The second-order valence-electron chi connectivity index (χ2n) is 4.80. The van der Waals surface area contributed by atoms with Gasteiger partial charge in [-0.15, -0.1) is 0 Å². The van der Waals surface area contributed by atoms with E-state index in [2.05, 4.69) is 0 Å². The largest absolute Gasteiger partial charge is 0.608 e. The molecule has 0 spiro atoms. The highest BCUT2D eigenvalue weighted by Gasteiger charge is 2.40. The summed E-state index contributed by atoms with van der Waals surface area (Å²) >= 11 is 0. The van der Waals surface area contributed by atoms with Crippen LogP contribution in [0.1, 0.15) is 10.5 Å². The van der Waals surface area contributed by atoms with Gasteiger partial charge in [0.1, 0.15) is 5.76 Å². The van der Waals surface area contributed by atoms with Crippen LogP contribution in [-0.4, -0.2) is 23.1 Å². The monoisotopic (exact) mass is 318 g/mol. The first-order valence-corrected chi connectivity index (χ1v) is 6.57. The van der Waals surface area contributed by atoms with Crippen molar-refractivity contribution in [3.8, 4) is 0 Å². The summed E-state index contributed by atoms with van der Waals surface area (Å²) < 4.78 is 33.3. The molecule has 0 atom stereocenters. The van der Waals surface area contributed by atoms with E-state index < -0.39 is 18.0 Å². The molecule has 0 amide bonds. The predicted octanol–water partition coefficient (Wildman–Crippen LogP) is 2.61. The number of pyridine rings is 1. The SMILES string of the molecule is O=C(O)c1cccc[n+]1C(=O)OC1=CC=C2C1=CC=CC2(F)F. The molecule has 7 heteroatoms. The maximum absolute atomic E-state index is 13.7. The Morgan fingerprint density at radius 3 is 2.70 bits per heavy atom. The van der Waals surface area contributed by atoms with Crippen molar-refractivity contribution in [2.24, 2.45) is 0 Å². The number of hydrogen-bond acceptors (Lipinski definition) is 3. The quantitative estimate of drug-likeness (QED) is 0.851. The summed E-state index contributed by atoms with van der Waals surface area (Å²) in [5.74, 6) is -4.50. The first-order chi connectivity index (χ1) is 10.9. The van der Waals surface area contributed by atoms with Crippen molar-refractivity contribution in [2.45, 2.75) is 5.92 Å². The van der Waals surface area contributed by atoms with Crippen LogP contribution in [0.5, 0.6) is 0 Å². The molecule has 23 heavy (non-hydrogen) atoms. The minimum Gasteiger partial charge on any atom is -0.473 e. The van der Waals surface area contributed by atoms with Crippen molar-refractivity contribution in [2.75, 3.05) is 0 Å². The van der Waals surface area contributed by atoms with Gasteiger partial charge in [-0.05, 0) is 24.3 Å². The highest BCUT2D eigenvalue weighted by Crippen LogP contribution is 2.41. The minimum atomic E-state index is -3.14. The number of fused-ring (bicyclic) bond motifs is 1. The zero-order valence-corrected chi connectivity index (χ0v) is 11.6. The van der Waals surface area contributed by atoms with Crippen LogP contribution in [0.15, 0.2) is 71.7 Å². The van der Waals surface area contributed by atoms with Gasteiger partial charge < -0.3 is 9.84 Å². The van der Waals surface area contributed by atoms with Gasteiger partial charge >= 0.3 is 17.8 Å². The number of alkyl halides is 2. The standard InChI is InChI=1S/C16H9F2NO4/c17-16(18)8-3-4-10-11(16)6-7-13(10)23-15(22)19-9-2-1-5-12(19)14(20)21/h1-9H/p+1. The molecule has 0 saturated heterocycles. The van der Waals surface area contributed by atoms with Crippen LogP contribution >= 0.6 is 0 Å². The summed E-state index contributed by atoms with van der Waals surface area (Å²) in [6.07, 6.45) is 5.98. The Morgan fingerprint density at radius 2 is 1.96 bits per heavy atom. The molecular weight excluding hydrogens is 308 g/mol. The number of rotatable bonds is 2. The molecule has 1 heterocycles. The van der Waals surface area contributed by atoms with E-state index in [0.717, 1.165) is 10.6 Å². The number of carbonyl (C=O) groups excluding carboxylic acids is 1. The zero-order chi connectivity index (χ0) is 16.6. The fourth-order valence-electron chi connectivity index (χ4n) is 2.30. The van der Waals surface area contributed by atoms with Crippen molar-refractivity contribution >= 4 is 12.1 Å². The van der Waals surface area contributed by atoms with E-state index in [1.807, 2.05) is 0 Å². The van der Waals surface area contributed by atoms with Crippen molar-refractivity contribution in [1.82, 2.24) is 0 Å². The minimum absolute atomic E-state index is 0.0540. The van der Waals surface area contributed by atoms with Gasteiger partial charge in [-0.25, -0.2) is 4.79 Å². The fraction of sp³-hybridized carbons (Fsp3) is 0.0625. The summed E-state index contributed by atoms with van der Waals surface area (Å²) in [6.45, 7) is 0. The number of aromatic carboxylic acids is 1. The lowest BCUT2D eigenvalue weighted by Crippen LogP contribution is -2.48. The lowest BCUT2D eigenvalue weighted by atomic mass is 9.97. The van der Waals surface area contributed by atoms with Crippen molar-refractivity contribution in [1.29, 1.82) is 0 Å². The Labute approximate surface area is 129 Å². The molecular formula is C16H10F2NO4+. The number of hydrogen-bond donors (Lipinski definition) is 1. The van der Waals surface area contributed by atoms with E-state index in [1.54, 1.807) is 0 Å². The predicted molar refractivity (Wildman–Crippen MR) is 73.8 cm³/mol. The van der Waals surface area contributed by atoms with Crippen LogP contribution in [0, 0.1) is 0 Å². The van der Waals surface area contributed by atoms with Gasteiger partial charge in [0.25, 0.3) is 5.92 Å². The topological polar surface area (TPSA) is 67.5 Å². The molecule has 0 unspecified atom stereocenters. The molecule has 3 rings (SSSR count). The number of ether oxygens (including phenoxy) is 1. The molecule has 116 valence electrons. The zero-order valence-electron chi connectivity index (χ0n) is 11.6. The van der Waals surface area contributed by atoms with Crippen LogP contribution in [-0.2, 0) is 4.74 Å². The van der Waals surface area contributed by atoms with E-state index >= 15 is 0 Å². The van der Waals surface area contributed by atoms with Crippen LogP contribution in [0.25, 0.3) is 0 Å². The van der Waals surface area contributed by atoms with Crippen LogP contribution in [0.2, 0.25) is 0 Å². The fourth-order valence-corrected chi connectivity index (χ4v) is 2.30. The van der Waals surface area contributed by atoms with Crippen molar-refractivity contribution in [3.05, 3.63) is 77.4 Å². The van der Waals surface area contributed by atoms with Crippen molar-refractivity contribution in [3.63, 3.8) is 0 Å². The molecule has 0 bridgehead atoms. The smallest absolute Gasteiger partial charge is 0.473 e. The summed E-state index contributed by atoms with van der Waals surface area (Å²) in [5.41, 5.74) is -0.467. The van der Waals surface area contributed by atoms with E-state index in [1.165, 1.54) is 48.7 Å². The normalized spacial score (nSPS) is 17.7. The lowest BCUT2D eigenvalue weighted by Gasteiger charge is -2.19. The van der Waals surface area contributed by atoms with E-state index in [4.69, 9.17) is 9.84 Å². The number of carboxylic acids is 1. The second kappa shape index (κ2) is 5.28. The average molecular weight is 318 g/mol. The van der Waals surface area contributed by atoms with Crippen LogP contribution < -0.4 is 4.57 Å². The average Bonchev–Trinajstić information content (AvgIpc) is 2.91. The molecule has 0 fully saturated rings. The molecule has 2 aliphatic rings. The van der Waals surface area contributed by atoms with Crippen molar-refractivity contribution < 1.29 is 32.8 Å². The molecule has 1 N–H and O–H groups in total. The number of carbonyl (C=O) groups is 2. The van der Waals surface area contributed by atoms with Gasteiger partial charge in [0.15, 0.2) is 6.20 Å².